The molecule has 0 radical (unpaired) electrons. The molecular weight excluding hydrogens is 514 g/mol. The molecule has 2 aromatic rings. The number of halogens is 1. The second-order valence-corrected chi connectivity index (χ2v) is 8.44. The van der Waals surface area contributed by atoms with Crippen LogP contribution in [-0.2, 0) is 14.3 Å². The molecule has 1 aliphatic heterocycles. The topological polar surface area (TPSA) is 99.2 Å². The number of carbonyl (C=O) groups excluding carboxylic acids is 4. The van der Waals surface area contributed by atoms with Crippen LogP contribution in [-0.4, -0.2) is 47.7 Å². The van der Waals surface area contributed by atoms with Crippen LogP contribution in [0.4, 0.5) is 4.79 Å². The van der Waals surface area contributed by atoms with Gasteiger partial charge in [0.05, 0.1) is 28.2 Å². The van der Waals surface area contributed by atoms with Crippen molar-refractivity contribution in [2.45, 2.75) is 13.8 Å². The number of carbonyl (C=O) groups is 4. The van der Waals surface area contributed by atoms with Gasteiger partial charge >= 0.3 is 11.9 Å². The van der Waals surface area contributed by atoms with Crippen molar-refractivity contribution in [3.05, 3.63) is 63.0 Å². The van der Waals surface area contributed by atoms with Crippen molar-refractivity contribution < 1.29 is 33.4 Å². The van der Waals surface area contributed by atoms with Crippen molar-refractivity contribution in [3.63, 3.8) is 0 Å². The minimum absolute atomic E-state index is 0.146. The zero-order valence-electron chi connectivity index (χ0n) is 17.8. The molecule has 1 heterocycles. The number of nitrogens with zero attached hydrogens (tertiary/aromatic N) is 1. The summed E-state index contributed by atoms with van der Waals surface area (Å²) in [6, 6.07) is 11.8. The van der Waals surface area contributed by atoms with Crippen molar-refractivity contribution in [2.75, 3.05) is 19.8 Å². The van der Waals surface area contributed by atoms with Gasteiger partial charge in [0.15, 0.2) is 11.5 Å². The van der Waals surface area contributed by atoms with E-state index in [1.54, 1.807) is 56.3 Å². The second kappa shape index (κ2) is 11.2. The Morgan fingerprint density at radius 2 is 1.82 bits per heavy atom. The molecule has 1 fully saturated rings. The fourth-order valence-electron chi connectivity index (χ4n) is 2.88. The Hall–Kier alpha value is -3.11. The lowest BCUT2D eigenvalue weighted by Gasteiger charge is -2.14. The molecule has 0 saturated carbocycles. The molecule has 172 valence electrons. The van der Waals surface area contributed by atoms with E-state index in [0.717, 1.165) is 16.7 Å². The lowest BCUT2D eigenvalue weighted by molar-refractivity contribution is -0.145. The molecule has 0 N–H and O–H groups in total. The van der Waals surface area contributed by atoms with Crippen LogP contribution in [0.5, 0.6) is 11.5 Å². The van der Waals surface area contributed by atoms with Crippen LogP contribution in [0.3, 0.4) is 0 Å². The van der Waals surface area contributed by atoms with Gasteiger partial charge in [-0.1, -0.05) is 18.2 Å². The molecule has 2 amide bonds. The summed E-state index contributed by atoms with van der Waals surface area (Å²) in [5.74, 6) is -1.32. The largest absolute Gasteiger partial charge is 0.490 e. The first-order valence-electron chi connectivity index (χ1n) is 9.98. The third-order valence-electron chi connectivity index (χ3n) is 4.30. The monoisotopic (exact) mass is 533 g/mol. The molecule has 3 rings (SSSR count). The summed E-state index contributed by atoms with van der Waals surface area (Å²) in [6.45, 7) is 3.44. The van der Waals surface area contributed by atoms with Crippen LogP contribution in [0.25, 0.3) is 6.08 Å². The second-order valence-electron chi connectivity index (χ2n) is 6.59. The third-order valence-corrected chi connectivity index (χ3v) is 5.80. The van der Waals surface area contributed by atoms with Crippen LogP contribution < -0.4 is 9.47 Å². The van der Waals surface area contributed by atoms with Crippen LogP contribution in [0, 0.1) is 0 Å². The third kappa shape index (κ3) is 6.02. The summed E-state index contributed by atoms with van der Waals surface area (Å²) in [4.78, 5) is 50.0. The van der Waals surface area contributed by atoms with Crippen LogP contribution in [0.2, 0.25) is 0 Å². The van der Waals surface area contributed by atoms with Crippen molar-refractivity contribution in [3.8, 4) is 11.5 Å². The highest BCUT2D eigenvalue weighted by Crippen LogP contribution is 2.39. The molecule has 0 unspecified atom stereocenters. The first-order chi connectivity index (χ1) is 15.8. The first kappa shape index (κ1) is 24.5. The Morgan fingerprint density at radius 3 is 2.48 bits per heavy atom. The first-order valence-corrected chi connectivity index (χ1v) is 11.6. The lowest BCUT2D eigenvalue weighted by atomic mass is 10.1. The number of imide groups is 1. The molecule has 2 aromatic carbocycles. The van der Waals surface area contributed by atoms with Gasteiger partial charge in [-0.2, -0.15) is 0 Å². The number of rotatable bonds is 8. The van der Waals surface area contributed by atoms with Gasteiger partial charge < -0.3 is 14.2 Å². The summed E-state index contributed by atoms with van der Waals surface area (Å²) >= 11 is 4.11. The fraction of sp³-hybridized carbons (Fsp3) is 0.217. The molecule has 10 heteroatoms. The van der Waals surface area contributed by atoms with Crippen molar-refractivity contribution in [2.24, 2.45) is 0 Å². The molecule has 33 heavy (non-hydrogen) atoms. The molecule has 1 saturated heterocycles. The van der Waals surface area contributed by atoms with E-state index in [2.05, 4.69) is 15.9 Å². The van der Waals surface area contributed by atoms with Gasteiger partial charge in [-0.15, -0.1) is 0 Å². The zero-order chi connectivity index (χ0) is 24.0. The Labute approximate surface area is 203 Å². The molecule has 0 bridgehead atoms. The van der Waals surface area contributed by atoms with E-state index in [1.165, 1.54) is 6.08 Å². The minimum atomic E-state index is -0.660. The smallest absolute Gasteiger partial charge is 0.343 e. The maximum atomic E-state index is 12.6. The highest BCUT2D eigenvalue weighted by Gasteiger charge is 2.36. The fourth-order valence-corrected chi connectivity index (χ4v) is 4.26. The van der Waals surface area contributed by atoms with E-state index in [9.17, 15) is 19.2 Å². The summed E-state index contributed by atoms with van der Waals surface area (Å²) in [5, 5.41) is -0.559. The number of benzene rings is 2. The van der Waals surface area contributed by atoms with E-state index < -0.39 is 29.6 Å². The predicted molar refractivity (Wildman–Crippen MR) is 126 cm³/mol. The predicted octanol–water partition coefficient (Wildman–Crippen LogP) is 4.67. The van der Waals surface area contributed by atoms with E-state index in [4.69, 9.17) is 14.2 Å². The average Bonchev–Trinajstić information content (AvgIpc) is 3.04. The zero-order valence-corrected chi connectivity index (χ0v) is 20.2. The van der Waals surface area contributed by atoms with Gasteiger partial charge in [-0.25, -0.2) is 4.79 Å². The van der Waals surface area contributed by atoms with Gasteiger partial charge in [0, 0.05) is 0 Å². The summed E-state index contributed by atoms with van der Waals surface area (Å²) in [7, 11) is 0. The van der Waals surface area contributed by atoms with Gasteiger partial charge in [0.2, 0.25) is 0 Å². The minimum Gasteiger partial charge on any atom is -0.490 e. The number of esters is 2. The maximum absolute atomic E-state index is 12.6. The highest BCUT2D eigenvalue weighted by molar-refractivity contribution is 9.10. The van der Waals surface area contributed by atoms with E-state index >= 15 is 0 Å². The maximum Gasteiger partial charge on any atom is 0.343 e. The Balaban J connectivity index is 1.86. The molecule has 1 aliphatic rings. The quantitative estimate of drug-likeness (QED) is 0.274. The number of ether oxygens (including phenoxy) is 3. The number of amides is 2. The Kier molecular flexibility index (Phi) is 8.29. The number of hydrogen-bond acceptors (Lipinski definition) is 8. The summed E-state index contributed by atoms with van der Waals surface area (Å²) in [6.07, 6.45) is 1.51. The standard InChI is InChI=1S/C23H20BrNO7S/c1-3-30-17-11-14(10-16(24)20(17)32-22(28)15-8-6-5-7-9-15)12-18-21(27)25(23(29)33-18)13-19(26)31-4-2/h5-12H,3-4,13H2,1-2H3/b18-12-. The van der Waals surface area contributed by atoms with E-state index in [0.29, 0.717) is 22.2 Å². The van der Waals surface area contributed by atoms with Crippen LogP contribution >= 0.6 is 27.7 Å². The lowest BCUT2D eigenvalue weighted by Crippen LogP contribution is -2.34. The number of hydrogen-bond donors (Lipinski definition) is 0. The molecule has 8 nitrogen and oxygen atoms in total. The SMILES string of the molecule is CCOC(=O)CN1C(=O)S/C(=C\c2cc(Br)c(OC(=O)c3ccccc3)c(OCC)c2)C1=O. The Morgan fingerprint density at radius 1 is 1.09 bits per heavy atom. The average molecular weight is 534 g/mol. The van der Waals surface area contributed by atoms with Gasteiger partial charge in [0.1, 0.15) is 6.54 Å². The van der Waals surface area contributed by atoms with Crippen LogP contribution in [0.1, 0.15) is 29.8 Å². The molecule has 0 atom stereocenters. The van der Waals surface area contributed by atoms with Crippen molar-refractivity contribution >= 4 is 56.9 Å². The summed E-state index contributed by atoms with van der Waals surface area (Å²) in [5.41, 5.74) is 0.915. The van der Waals surface area contributed by atoms with E-state index in [1.807, 2.05) is 0 Å². The Bertz CT molecular complexity index is 1120. The summed E-state index contributed by atoms with van der Waals surface area (Å²) < 4.78 is 16.4. The molecule has 0 aliphatic carbocycles. The van der Waals surface area contributed by atoms with Crippen molar-refractivity contribution in [1.29, 1.82) is 0 Å². The van der Waals surface area contributed by atoms with Gasteiger partial charge in [0.25, 0.3) is 11.1 Å². The van der Waals surface area contributed by atoms with Crippen molar-refractivity contribution in [1.82, 2.24) is 4.90 Å². The van der Waals surface area contributed by atoms with Gasteiger partial charge in [-0.05, 0) is 77.4 Å². The van der Waals surface area contributed by atoms with E-state index in [-0.39, 0.29) is 23.0 Å². The normalized spacial score (nSPS) is 14.5. The molecule has 0 aromatic heterocycles. The highest BCUT2D eigenvalue weighted by atomic mass is 79.9. The van der Waals surface area contributed by atoms with Crippen LogP contribution in [0.15, 0.2) is 51.8 Å². The van der Waals surface area contributed by atoms with Gasteiger partial charge in [-0.3, -0.25) is 19.3 Å². The molecule has 0 spiro atoms. The number of thioether (sulfide) groups is 1. The molecular formula is C23H20BrNO7S.